The molecule has 0 saturated carbocycles. The number of dihydropyridines is 1. The van der Waals surface area contributed by atoms with E-state index in [4.69, 9.17) is 0 Å². The number of nitrogens with one attached hydrogen (secondary N) is 3. The second kappa shape index (κ2) is 11.6. The lowest BCUT2D eigenvalue weighted by Gasteiger charge is -2.30. The van der Waals surface area contributed by atoms with Crippen LogP contribution in [0.25, 0.3) is 0 Å². The predicted octanol–water partition coefficient (Wildman–Crippen LogP) is 5.84. The first-order chi connectivity index (χ1) is 17.9. The highest BCUT2D eigenvalue weighted by Crippen LogP contribution is 2.41. The molecule has 186 valence electrons. The van der Waals surface area contributed by atoms with Gasteiger partial charge >= 0.3 is 0 Å². The minimum absolute atomic E-state index is 0.0183. The molecular formula is C29H25FN4O2S. The van der Waals surface area contributed by atoms with Crippen molar-refractivity contribution in [2.75, 3.05) is 16.4 Å². The van der Waals surface area contributed by atoms with Crippen LogP contribution in [-0.2, 0) is 9.59 Å². The quantitative estimate of drug-likeness (QED) is 0.370. The second-order valence-electron chi connectivity index (χ2n) is 8.44. The van der Waals surface area contributed by atoms with Gasteiger partial charge in [0.25, 0.3) is 5.91 Å². The van der Waals surface area contributed by atoms with Crippen molar-refractivity contribution < 1.29 is 14.0 Å². The first kappa shape index (κ1) is 25.7. The number of carbonyl (C=O) groups excluding carboxylic acids is 2. The summed E-state index contributed by atoms with van der Waals surface area (Å²) in [6, 6.07) is 24.7. The van der Waals surface area contributed by atoms with Crippen LogP contribution in [0.3, 0.4) is 0 Å². The molecule has 0 fully saturated rings. The summed E-state index contributed by atoms with van der Waals surface area (Å²) >= 11 is 1.13. The normalized spacial score (nSPS) is 15.0. The first-order valence-corrected chi connectivity index (χ1v) is 12.6. The Bertz CT molecular complexity index is 1440. The number of para-hydroxylation sites is 2. The number of aryl methyl sites for hydroxylation is 1. The van der Waals surface area contributed by atoms with Crippen molar-refractivity contribution in [3.8, 4) is 6.07 Å². The zero-order valence-corrected chi connectivity index (χ0v) is 21.2. The van der Waals surface area contributed by atoms with Crippen LogP contribution in [-0.4, -0.2) is 17.6 Å². The van der Waals surface area contributed by atoms with Crippen molar-refractivity contribution >= 4 is 35.0 Å². The van der Waals surface area contributed by atoms with Gasteiger partial charge in [-0.3, -0.25) is 9.59 Å². The highest BCUT2D eigenvalue weighted by molar-refractivity contribution is 8.03. The average molecular weight is 513 g/mol. The number of hydrogen-bond donors (Lipinski definition) is 3. The SMILES string of the molecule is CC1=C(C(=O)Nc2ccccc2C)[C@@H](c2ccccc2F)C(C#N)=C(SCC(=O)Nc2ccccc2)N1. The molecule has 0 bridgehead atoms. The Morgan fingerprint density at radius 1 is 0.973 bits per heavy atom. The lowest BCUT2D eigenvalue weighted by atomic mass is 9.82. The third-order valence-corrected chi connectivity index (χ3v) is 6.92. The number of nitrogens with zero attached hydrogens (tertiary/aromatic N) is 1. The molecule has 1 aliphatic heterocycles. The Kier molecular flexibility index (Phi) is 8.06. The first-order valence-electron chi connectivity index (χ1n) is 11.6. The van der Waals surface area contributed by atoms with Crippen molar-refractivity contribution in [2.45, 2.75) is 19.8 Å². The van der Waals surface area contributed by atoms with Gasteiger partial charge in [0, 0.05) is 28.2 Å². The van der Waals surface area contributed by atoms with E-state index in [1.807, 2.05) is 43.3 Å². The number of carbonyl (C=O) groups is 2. The lowest BCUT2D eigenvalue weighted by Crippen LogP contribution is -2.31. The van der Waals surface area contributed by atoms with Gasteiger partial charge in [-0.25, -0.2) is 4.39 Å². The fourth-order valence-corrected chi connectivity index (χ4v) is 5.00. The molecule has 6 nitrogen and oxygen atoms in total. The summed E-state index contributed by atoms with van der Waals surface area (Å²) in [5, 5.41) is 19.4. The van der Waals surface area contributed by atoms with Crippen LogP contribution < -0.4 is 16.0 Å². The molecule has 4 rings (SSSR count). The van der Waals surface area contributed by atoms with Crippen LogP contribution in [0.1, 0.15) is 24.0 Å². The molecule has 0 saturated heterocycles. The molecule has 0 aliphatic carbocycles. The molecule has 1 atom stereocenters. The molecule has 37 heavy (non-hydrogen) atoms. The molecule has 0 unspecified atom stereocenters. The average Bonchev–Trinajstić information content (AvgIpc) is 2.89. The number of hydrogen-bond acceptors (Lipinski definition) is 5. The van der Waals surface area contributed by atoms with Gasteiger partial charge in [-0.1, -0.05) is 66.4 Å². The predicted molar refractivity (Wildman–Crippen MR) is 145 cm³/mol. The van der Waals surface area contributed by atoms with Crippen LogP contribution in [0.2, 0.25) is 0 Å². The summed E-state index contributed by atoms with van der Waals surface area (Å²) in [5.41, 5.74) is 3.25. The fourth-order valence-electron chi connectivity index (χ4n) is 4.11. The highest BCUT2D eigenvalue weighted by Gasteiger charge is 2.36. The van der Waals surface area contributed by atoms with E-state index in [-0.39, 0.29) is 28.4 Å². The summed E-state index contributed by atoms with van der Waals surface area (Å²) in [6.07, 6.45) is 0. The topological polar surface area (TPSA) is 94.0 Å². The van der Waals surface area contributed by atoms with Crippen molar-refractivity contribution in [2.24, 2.45) is 0 Å². The van der Waals surface area contributed by atoms with Gasteiger partial charge in [-0.2, -0.15) is 5.26 Å². The summed E-state index contributed by atoms with van der Waals surface area (Å²) < 4.78 is 15.0. The Labute approximate surface area is 219 Å². The highest BCUT2D eigenvalue weighted by atomic mass is 32.2. The third kappa shape index (κ3) is 5.90. The molecule has 0 radical (unpaired) electrons. The van der Waals surface area contributed by atoms with E-state index >= 15 is 4.39 Å². The van der Waals surface area contributed by atoms with Gasteiger partial charge in [0.2, 0.25) is 5.91 Å². The van der Waals surface area contributed by atoms with Gasteiger partial charge in [-0.05, 0) is 43.7 Å². The van der Waals surface area contributed by atoms with Gasteiger partial charge in [0.15, 0.2) is 0 Å². The maximum atomic E-state index is 15.0. The molecule has 3 aromatic carbocycles. The van der Waals surface area contributed by atoms with Gasteiger partial charge in [0.05, 0.1) is 28.3 Å². The van der Waals surface area contributed by atoms with Crippen LogP contribution in [0.5, 0.6) is 0 Å². The van der Waals surface area contributed by atoms with Gasteiger partial charge < -0.3 is 16.0 Å². The van der Waals surface area contributed by atoms with Crippen LogP contribution in [0.4, 0.5) is 15.8 Å². The van der Waals surface area contributed by atoms with Gasteiger partial charge in [0.1, 0.15) is 5.82 Å². The molecule has 0 spiro atoms. The van der Waals surface area contributed by atoms with E-state index in [1.165, 1.54) is 6.07 Å². The number of amides is 2. The monoisotopic (exact) mass is 512 g/mol. The van der Waals surface area contributed by atoms with E-state index in [2.05, 4.69) is 22.0 Å². The van der Waals surface area contributed by atoms with E-state index in [0.29, 0.717) is 22.1 Å². The van der Waals surface area contributed by atoms with E-state index in [9.17, 15) is 14.9 Å². The van der Waals surface area contributed by atoms with Crippen molar-refractivity contribution in [3.05, 3.63) is 118 Å². The minimum atomic E-state index is -0.948. The molecule has 1 heterocycles. The summed E-state index contributed by atoms with van der Waals surface area (Å²) in [4.78, 5) is 26.1. The molecule has 8 heteroatoms. The minimum Gasteiger partial charge on any atom is -0.353 e. The maximum absolute atomic E-state index is 15.0. The van der Waals surface area contributed by atoms with E-state index in [1.54, 1.807) is 43.3 Å². The van der Waals surface area contributed by atoms with Gasteiger partial charge in [-0.15, -0.1) is 0 Å². The number of halogens is 1. The third-order valence-electron chi connectivity index (χ3n) is 5.91. The Morgan fingerprint density at radius 2 is 1.65 bits per heavy atom. The number of benzene rings is 3. The number of allylic oxidation sites excluding steroid dienone is 2. The maximum Gasteiger partial charge on any atom is 0.254 e. The molecule has 2 amide bonds. The van der Waals surface area contributed by atoms with E-state index in [0.717, 1.165) is 17.3 Å². The standard InChI is InChI=1S/C29H25FN4O2S/c1-18-10-6-9-15-24(18)34-28(36)26-19(2)32-29(37-17-25(35)33-20-11-4-3-5-12-20)22(16-31)27(26)21-13-7-8-14-23(21)30/h3-15,27,32H,17H2,1-2H3,(H,33,35)(H,34,36)/t27-/m0/s1. The number of anilines is 2. The number of thioether (sulfide) groups is 1. The lowest BCUT2D eigenvalue weighted by molar-refractivity contribution is -0.114. The van der Waals surface area contributed by atoms with Crippen molar-refractivity contribution in [1.82, 2.24) is 5.32 Å². The Hall–Kier alpha value is -4.35. The summed E-state index contributed by atoms with van der Waals surface area (Å²) in [7, 11) is 0. The molecular weight excluding hydrogens is 487 g/mol. The fraction of sp³-hybridized carbons (Fsp3) is 0.138. The second-order valence-corrected chi connectivity index (χ2v) is 9.43. The Morgan fingerprint density at radius 3 is 2.35 bits per heavy atom. The summed E-state index contributed by atoms with van der Waals surface area (Å²) in [6.45, 7) is 3.58. The zero-order valence-electron chi connectivity index (χ0n) is 20.3. The zero-order chi connectivity index (χ0) is 26.4. The summed E-state index contributed by atoms with van der Waals surface area (Å²) in [5.74, 6) is -2.15. The largest absolute Gasteiger partial charge is 0.353 e. The molecule has 1 aliphatic rings. The number of nitriles is 1. The molecule has 3 N–H and O–H groups in total. The van der Waals surface area contributed by atoms with E-state index < -0.39 is 17.6 Å². The van der Waals surface area contributed by atoms with Crippen molar-refractivity contribution in [3.63, 3.8) is 0 Å². The molecule has 3 aromatic rings. The molecule has 0 aromatic heterocycles. The number of rotatable bonds is 7. The smallest absolute Gasteiger partial charge is 0.254 e. The van der Waals surface area contributed by atoms with Crippen molar-refractivity contribution in [1.29, 1.82) is 5.26 Å². The van der Waals surface area contributed by atoms with Crippen LogP contribution in [0.15, 0.2) is 101 Å². The van der Waals surface area contributed by atoms with Crippen LogP contribution in [0, 0.1) is 24.1 Å². The Balaban J connectivity index is 1.66. The van der Waals surface area contributed by atoms with Crippen LogP contribution >= 0.6 is 11.8 Å².